The number of halogens is 4. The van der Waals surface area contributed by atoms with Gasteiger partial charge in [0, 0.05) is 11.6 Å². The number of fused-ring (bicyclic) bond motifs is 1. The molecule has 1 aromatic carbocycles. The number of alkyl halides is 3. The van der Waals surface area contributed by atoms with Crippen molar-refractivity contribution in [2.45, 2.75) is 13.3 Å². The number of nitrogens with two attached hydrogens (primary N) is 1. The lowest BCUT2D eigenvalue weighted by molar-refractivity contribution is -0.274. The Labute approximate surface area is 96.8 Å². The highest BCUT2D eigenvalue weighted by molar-refractivity contribution is 7.22. The van der Waals surface area contributed by atoms with Crippen molar-refractivity contribution in [3.8, 4) is 5.75 Å². The van der Waals surface area contributed by atoms with Crippen LogP contribution < -0.4 is 10.5 Å². The maximum atomic E-state index is 13.5. The van der Waals surface area contributed by atoms with Crippen molar-refractivity contribution in [1.82, 2.24) is 4.98 Å². The summed E-state index contributed by atoms with van der Waals surface area (Å²) in [5.41, 5.74) is 5.58. The quantitative estimate of drug-likeness (QED) is 0.806. The van der Waals surface area contributed by atoms with Crippen LogP contribution in [0.3, 0.4) is 0 Å². The number of thiazole rings is 1. The summed E-state index contributed by atoms with van der Waals surface area (Å²) in [6.45, 7) is 1.36. The lowest BCUT2D eigenvalue weighted by Crippen LogP contribution is -2.18. The second-order valence-corrected chi connectivity index (χ2v) is 4.29. The van der Waals surface area contributed by atoms with Crippen LogP contribution in [-0.4, -0.2) is 11.3 Å². The van der Waals surface area contributed by atoms with Crippen LogP contribution in [0.4, 0.5) is 22.7 Å². The molecule has 17 heavy (non-hydrogen) atoms. The third kappa shape index (κ3) is 2.26. The highest BCUT2D eigenvalue weighted by atomic mass is 32.1. The summed E-state index contributed by atoms with van der Waals surface area (Å²) in [4.78, 5) is 3.77. The molecular weight excluding hydrogens is 260 g/mol. The average Bonchev–Trinajstić information content (AvgIpc) is 2.54. The van der Waals surface area contributed by atoms with E-state index in [4.69, 9.17) is 5.73 Å². The summed E-state index contributed by atoms with van der Waals surface area (Å²) < 4.78 is 53.5. The van der Waals surface area contributed by atoms with Crippen molar-refractivity contribution < 1.29 is 22.3 Å². The zero-order chi connectivity index (χ0) is 12.8. The highest BCUT2D eigenvalue weighted by Gasteiger charge is 2.32. The fraction of sp³-hybridized carbons (Fsp3) is 0.222. The Bertz CT molecular complexity index is 578. The Morgan fingerprint density at radius 2 is 2.06 bits per heavy atom. The number of anilines is 1. The Morgan fingerprint density at radius 1 is 1.41 bits per heavy atom. The standard InChI is InChI=1S/C9H6F4N2OS/c1-3-5(16-9(11,12)13)2-4(10)7-6(3)15-8(14)17-7/h2H,1H3,(H2,14,15). The van der Waals surface area contributed by atoms with Gasteiger partial charge in [-0.25, -0.2) is 9.37 Å². The van der Waals surface area contributed by atoms with Crippen molar-refractivity contribution in [3.63, 3.8) is 0 Å². The maximum Gasteiger partial charge on any atom is 0.573 e. The number of hydrogen-bond acceptors (Lipinski definition) is 4. The number of ether oxygens (including phenoxy) is 1. The fourth-order valence-corrected chi connectivity index (χ4v) is 2.19. The minimum absolute atomic E-state index is 0.0890. The molecule has 1 heterocycles. The molecule has 0 aliphatic heterocycles. The third-order valence-corrected chi connectivity index (χ3v) is 2.96. The minimum Gasteiger partial charge on any atom is -0.405 e. The summed E-state index contributed by atoms with van der Waals surface area (Å²) in [6.07, 6.45) is -4.87. The van der Waals surface area contributed by atoms with Crippen molar-refractivity contribution >= 4 is 26.7 Å². The van der Waals surface area contributed by atoms with Gasteiger partial charge in [-0.2, -0.15) is 0 Å². The van der Waals surface area contributed by atoms with Gasteiger partial charge in [0.2, 0.25) is 0 Å². The number of hydrogen-bond donors (Lipinski definition) is 1. The monoisotopic (exact) mass is 266 g/mol. The number of aromatic nitrogens is 1. The van der Waals surface area contributed by atoms with Crippen LogP contribution in [0, 0.1) is 12.7 Å². The summed E-state index contributed by atoms with van der Waals surface area (Å²) >= 11 is 0.874. The van der Waals surface area contributed by atoms with Gasteiger partial charge in [-0.05, 0) is 6.92 Å². The first-order valence-corrected chi connectivity index (χ1v) is 5.20. The van der Waals surface area contributed by atoms with Crippen LogP contribution >= 0.6 is 11.3 Å². The topological polar surface area (TPSA) is 48.1 Å². The fourth-order valence-electron chi connectivity index (χ4n) is 1.39. The molecule has 3 nitrogen and oxygen atoms in total. The SMILES string of the molecule is Cc1c(OC(F)(F)F)cc(F)c2sc(N)nc12. The number of benzene rings is 1. The van der Waals surface area contributed by atoms with E-state index in [2.05, 4.69) is 9.72 Å². The molecule has 0 saturated carbocycles. The van der Waals surface area contributed by atoms with Gasteiger partial charge in [0.15, 0.2) is 5.13 Å². The van der Waals surface area contributed by atoms with Gasteiger partial charge in [-0.15, -0.1) is 13.2 Å². The number of nitrogens with zero attached hydrogens (tertiary/aromatic N) is 1. The summed E-state index contributed by atoms with van der Waals surface area (Å²) in [5.74, 6) is -1.44. The molecule has 0 aliphatic rings. The van der Waals surface area contributed by atoms with Crippen LogP contribution in [0.1, 0.15) is 5.56 Å². The molecule has 0 fully saturated rings. The third-order valence-electron chi connectivity index (χ3n) is 2.07. The van der Waals surface area contributed by atoms with Gasteiger partial charge in [-0.3, -0.25) is 0 Å². The number of rotatable bonds is 1. The Kier molecular flexibility index (Phi) is 2.61. The largest absolute Gasteiger partial charge is 0.573 e. The Balaban J connectivity index is 2.62. The smallest absolute Gasteiger partial charge is 0.405 e. The van der Waals surface area contributed by atoms with Crippen LogP contribution in [0.2, 0.25) is 0 Å². The van der Waals surface area contributed by atoms with Gasteiger partial charge in [-0.1, -0.05) is 11.3 Å². The molecule has 0 aliphatic carbocycles. The first kappa shape index (κ1) is 11.9. The van der Waals surface area contributed by atoms with Crippen LogP contribution in [0.15, 0.2) is 6.07 Å². The van der Waals surface area contributed by atoms with Crippen LogP contribution in [-0.2, 0) is 0 Å². The molecular formula is C9H6F4N2OS. The molecule has 8 heteroatoms. The van der Waals surface area contributed by atoms with E-state index in [0.29, 0.717) is 6.07 Å². The van der Waals surface area contributed by atoms with E-state index in [9.17, 15) is 17.6 Å². The molecule has 92 valence electrons. The molecule has 0 bridgehead atoms. The molecule has 2 rings (SSSR count). The van der Waals surface area contributed by atoms with Gasteiger partial charge < -0.3 is 10.5 Å². The molecule has 0 spiro atoms. The second-order valence-electron chi connectivity index (χ2n) is 3.26. The van der Waals surface area contributed by atoms with Crippen molar-refractivity contribution in [3.05, 3.63) is 17.4 Å². The molecule has 0 atom stereocenters. The van der Waals surface area contributed by atoms with Crippen molar-refractivity contribution in [1.29, 1.82) is 0 Å². The normalized spacial score (nSPS) is 12.1. The lowest BCUT2D eigenvalue weighted by atomic mass is 10.2. The van der Waals surface area contributed by atoms with E-state index < -0.39 is 17.9 Å². The van der Waals surface area contributed by atoms with E-state index >= 15 is 0 Å². The highest BCUT2D eigenvalue weighted by Crippen LogP contribution is 2.36. The molecule has 0 unspecified atom stereocenters. The first-order valence-electron chi connectivity index (χ1n) is 4.39. The molecule has 2 N–H and O–H groups in total. The predicted molar refractivity (Wildman–Crippen MR) is 55.4 cm³/mol. The van der Waals surface area contributed by atoms with E-state index in [1.54, 1.807) is 0 Å². The summed E-state index contributed by atoms with van der Waals surface area (Å²) in [6, 6.07) is 0.683. The van der Waals surface area contributed by atoms with E-state index in [-0.39, 0.29) is 20.9 Å². The summed E-state index contributed by atoms with van der Waals surface area (Å²) in [5, 5.41) is 0.0890. The second kappa shape index (κ2) is 3.73. The zero-order valence-electron chi connectivity index (χ0n) is 8.43. The summed E-state index contributed by atoms with van der Waals surface area (Å²) in [7, 11) is 0. The Morgan fingerprint density at radius 3 is 2.65 bits per heavy atom. The maximum absolute atomic E-state index is 13.5. The molecule has 0 saturated heterocycles. The zero-order valence-corrected chi connectivity index (χ0v) is 9.25. The van der Waals surface area contributed by atoms with Gasteiger partial charge in [0.25, 0.3) is 0 Å². The van der Waals surface area contributed by atoms with Gasteiger partial charge in [0.1, 0.15) is 11.6 Å². The predicted octanol–water partition coefficient (Wildman–Crippen LogP) is 3.22. The average molecular weight is 266 g/mol. The molecule has 1 aromatic heterocycles. The number of nitrogen functional groups attached to an aromatic ring is 1. The van der Waals surface area contributed by atoms with Gasteiger partial charge >= 0.3 is 6.36 Å². The van der Waals surface area contributed by atoms with Gasteiger partial charge in [0.05, 0.1) is 10.2 Å². The van der Waals surface area contributed by atoms with Crippen molar-refractivity contribution in [2.24, 2.45) is 0 Å². The molecule has 0 radical (unpaired) electrons. The van der Waals surface area contributed by atoms with E-state index in [0.717, 1.165) is 11.3 Å². The molecule has 0 amide bonds. The first-order chi connectivity index (χ1) is 7.78. The Hall–Kier alpha value is -1.57. The lowest BCUT2D eigenvalue weighted by Gasteiger charge is -2.11. The molecule has 2 aromatic rings. The van der Waals surface area contributed by atoms with E-state index in [1.807, 2.05) is 0 Å². The van der Waals surface area contributed by atoms with E-state index in [1.165, 1.54) is 6.92 Å². The van der Waals surface area contributed by atoms with Crippen LogP contribution in [0.5, 0.6) is 5.75 Å². The van der Waals surface area contributed by atoms with Crippen LogP contribution in [0.25, 0.3) is 10.2 Å². The number of aryl methyl sites for hydroxylation is 1. The van der Waals surface area contributed by atoms with Crippen molar-refractivity contribution in [2.75, 3.05) is 5.73 Å². The minimum atomic E-state index is -4.87.